The Labute approximate surface area is 88.5 Å². The summed E-state index contributed by atoms with van der Waals surface area (Å²) in [5, 5.41) is 6.06. The highest BCUT2D eigenvalue weighted by molar-refractivity contribution is 7.89. The van der Waals surface area contributed by atoms with Gasteiger partial charge in [0.05, 0.1) is 6.20 Å². The molecule has 0 spiro atoms. The second kappa shape index (κ2) is 3.49. The van der Waals surface area contributed by atoms with Crippen LogP contribution in [0.3, 0.4) is 0 Å². The monoisotopic (exact) mass is 230 g/mol. The molecule has 0 bridgehead atoms. The molecule has 2 heterocycles. The normalized spacial score (nSPS) is 23.4. The van der Waals surface area contributed by atoms with Gasteiger partial charge >= 0.3 is 0 Å². The van der Waals surface area contributed by atoms with E-state index in [1.54, 1.807) is 0 Å². The van der Waals surface area contributed by atoms with Gasteiger partial charge in [-0.15, -0.1) is 0 Å². The molecule has 0 aliphatic carbocycles. The van der Waals surface area contributed by atoms with Crippen LogP contribution in [-0.2, 0) is 10.0 Å². The zero-order valence-corrected chi connectivity index (χ0v) is 9.29. The van der Waals surface area contributed by atoms with E-state index in [0.717, 1.165) is 12.8 Å². The van der Waals surface area contributed by atoms with Crippen molar-refractivity contribution in [2.45, 2.75) is 30.7 Å². The maximum absolute atomic E-state index is 12.1. The van der Waals surface area contributed by atoms with Gasteiger partial charge in [0.15, 0.2) is 0 Å². The number of sulfonamides is 1. The number of aromatic amines is 1. The molecule has 0 radical (unpaired) electrons. The van der Waals surface area contributed by atoms with Gasteiger partial charge in [-0.1, -0.05) is 0 Å². The predicted octanol–water partition coefficient (Wildman–Crippen LogP) is 0.165. The van der Waals surface area contributed by atoms with Gasteiger partial charge in [-0.05, 0) is 19.8 Å². The summed E-state index contributed by atoms with van der Waals surface area (Å²) in [6, 6.07) is 0.0456. The molecule has 1 aliphatic rings. The highest BCUT2D eigenvalue weighted by Gasteiger charge is 2.34. The number of hydrogen-bond donors (Lipinski definition) is 2. The number of H-pyrrole nitrogens is 1. The molecule has 84 valence electrons. The fourth-order valence-corrected chi connectivity index (χ4v) is 3.59. The van der Waals surface area contributed by atoms with E-state index in [1.165, 1.54) is 10.5 Å². The van der Waals surface area contributed by atoms with Gasteiger partial charge in [-0.3, -0.25) is 5.10 Å². The average molecular weight is 230 g/mol. The van der Waals surface area contributed by atoms with Gasteiger partial charge in [0.2, 0.25) is 10.0 Å². The summed E-state index contributed by atoms with van der Waals surface area (Å²) in [6.45, 7) is 2.47. The zero-order chi connectivity index (χ0) is 11.1. The number of nitrogens with zero attached hydrogens (tertiary/aromatic N) is 2. The molecule has 6 nitrogen and oxygen atoms in total. The molecule has 15 heavy (non-hydrogen) atoms. The lowest BCUT2D eigenvalue weighted by atomic mass is 10.3. The van der Waals surface area contributed by atoms with Gasteiger partial charge in [-0.25, -0.2) is 8.42 Å². The molecule has 1 atom stereocenters. The quantitative estimate of drug-likeness (QED) is 0.757. The van der Waals surface area contributed by atoms with Gasteiger partial charge in [0.25, 0.3) is 0 Å². The molecule has 1 fully saturated rings. The molecule has 3 N–H and O–H groups in total. The molecule has 1 saturated heterocycles. The third-order valence-electron chi connectivity index (χ3n) is 2.71. The van der Waals surface area contributed by atoms with E-state index in [-0.39, 0.29) is 16.8 Å². The van der Waals surface area contributed by atoms with Crippen LogP contribution >= 0.6 is 0 Å². The van der Waals surface area contributed by atoms with Crippen molar-refractivity contribution < 1.29 is 8.42 Å². The van der Waals surface area contributed by atoms with Gasteiger partial charge < -0.3 is 5.73 Å². The minimum Gasteiger partial charge on any atom is -0.383 e. The Morgan fingerprint density at radius 2 is 2.40 bits per heavy atom. The Bertz CT molecular complexity index is 453. The van der Waals surface area contributed by atoms with Crippen LogP contribution in [0.15, 0.2) is 11.1 Å². The SMILES string of the molecule is CC1CCCN1S(=O)(=O)c1cn[nH]c1N. The fourth-order valence-electron chi connectivity index (χ4n) is 1.88. The predicted molar refractivity (Wildman–Crippen MR) is 55.6 cm³/mol. The van der Waals surface area contributed by atoms with E-state index >= 15 is 0 Å². The van der Waals surface area contributed by atoms with E-state index in [2.05, 4.69) is 10.2 Å². The molecule has 1 aromatic rings. The molecule has 0 aromatic carbocycles. The van der Waals surface area contributed by atoms with Crippen molar-refractivity contribution in [1.29, 1.82) is 0 Å². The number of nitrogens with one attached hydrogen (secondary N) is 1. The van der Waals surface area contributed by atoms with Crippen molar-refractivity contribution in [3.8, 4) is 0 Å². The van der Waals surface area contributed by atoms with Crippen molar-refractivity contribution in [2.75, 3.05) is 12.3 Å². The minimum atomic E-state index is -3.46. The first-order valence-electron chi connectivity index (χ1n) is 4.84. The second-order valence-corrected chi connectivity index (χ2v) is 5.61. The summed E-state index contributed by atoms with van der Waals surface area (Å²) < 4.78 is 25.7. The highest BCUT2D eigenvalue weighted by Crippen LogP contribution is 2.27. The standard InChI is InChI=1S/C8H14N4O2S/c1-6-3-2-4-12(6)15(13,14)7-5-10-11-8(7)9/h5-6H,2-4H2,1H3,(H3,9,10,11). The van der Waals surface area contributed by atoms with Gasteiger partial charge in [-0.2, -0.15) is 9.40 Å². The minimum absolute atomic E-state index is 0.0456. The largest absolute Gasteiger partial charge is 0.383 e. The zero-order valence-electron chi connectivity index (χ0n) is 8.47. The third kappa shape index (κ3) is 1.61. The van der Waals surface area contributed by atoms with Crippen LogP contribution in [0.2, 0.25) is 0 Å². The summed E-state index contributed by atoms with van der Waals surface area (Å²) in [5.41, 5.74) is 5.52. The van der Waals surface area contributed by atoms with E-state index in [1.807, 2.05) is 6.92 Å². The number of aromatic nitrogens is 2. The van der Waals surface area contributed by atoms with Crippen LogP contribution in [0.1, 0.15) is 19.8 Å². The molecule has 0 saturated carbocycles. The fraction of sp³-hybridized carbons (Fsp3) is 0.625. The van der Waals surface area contributed by atoms with E-state index in [0.29, 0.717) is 6.54 Å². The van der Waals surface area contributed by atoms with Crippen molar-refractivity contribution in [1.82, 2.24) is 14.5 Å². The number of anilines is 1. The lowest BCUT2D eigenvalue weighted by molar-refractivity contribution is 0.408. The summed E-state index contributed by atoms with van der Waals surface area (Å²) in [5.74, 6) is 0.106. The molecular weight excluding hydrogens is 216 g/mol. The number of rotatable bonds is 2. The molecule has 2 rings (SSSR count). The van der Waals surface area contributed by atoms with Crippen LogP contribution in [0.25, 0.3) is 0 Å². The summed E-state index contributed by atoms with van der Waals surface area (Å²) >= 11 is 0. The van der Waals surface area contributed by atoms with Crippen LogP contribution in [-0.4, -0.2) is 35.5 Å². The maximum atomic E-state index is 12.1. The second-order valence-electron chi connectivity index (χ2n) is 3.75. The van der Waals surface area contributed by atoms with Crippen LogP contribution in [0.4, 0.5) is 5.82 Å². The average Bonchev–Trinajstić information content (AvgIpc) is 2.73. The Hall–Kier alpha value is -1.08. The van der Waals surface area contributed by atoms with Crippen molar-refractivity contribution in [3.05, 3.63) is 6.20 Å². The Kier molecular flexibility index (Phi) is 2.43. The van der Waals surface area contributed by atoms with Gasteiger partial charge in [0, 0.05) is 12.6 Å². The summed E-state index contributed by atoms with van der Waals surface area (Å²) in [4.78, 5) is 0.0799. The summed E-state index contributed by atoms with van der Waals surface area (Å²) in [6.07, 6.45) is 3.06. The van der Waals surface area contributed by atoms with E-state index in [9.17, 15) is 8.42 Å². The topological polar surface area (TPSA) is 92.1 Å². The van der Waals surface area contributed by atoms with Crippen molar-refractivity contribution in [2.24, 2.45) is 0 Å². The molecule has 7 heteroatoms. The Balaban J connectivity index is 2.39. The highest BCUT2D eigenvalue weighted by atomic mass is 32.2. The Morgan fingerprint density at radius 1 is 1.67 bits per heavy atom. The van der Waals surface area contributed by atoms with E-state index < -0.39 is 10.0 Å². The van der Waals surface area contributed by atoms with Crippen LogP contribution < -0.4 is 5.73 Å². The lowest BCUT2D eigenvalue weighted by Crippen LogP contribution is -2.33. The van der Waals surface area contributed by atoms with Crippen molar-refractivity contribution >= 4 is 15.8 Å². The van der Waals surface area contributed by atoms with Crippen molar-refractivity contribution in [3.63, 3.8) is 0 Å². The first kappa shape index (κ1) is 10.4. The number of hydrogen-bond acceptors (Lipinski definition) is 4. The smallest absolute Gasteiger partial charge is 0.248 e. The molecule has 1 aromatic heterocycles. The number of nitrogen functional groups attached to an aromatic ring is 1. The third-order valence-corrected chi connectivity index (χ3v) is 4.75. The molecule has 1 aliphatic heterocycles. The number of nitrogens with two attached hydrogens (primary N) is 1. The van der Waals surface area contributed by atoms with Crippen LogP contribution in [0, 0.1) is 0 Å². The summed E-state index contributed by atoms with van der Waals surface area (Å²) in [7, 11) is -3.46. The molecule has 1 unspecified atom stereocenters. The molecular formula is C8H14N4O2S. The lowest BCUT2D eigenvalue weighted by Gasteiger charge is -2.19. The first-order chi connectivity index (χ1) is 7.03. The molecule has 0 amide bonds. The first-order valence-corrected chi connectivity index (χ1v) is 6.28. The van der Waals surface area contributed by atoms with Gasteiger partial charge in [0.1, 0.15) is 10.7 Å². The van der Waals surface area contributed by atoms with Crippen LogP contribution in [0.5, 0.6) is 0 Å². The maximum Gasteiger partial charge on any atom is 0.248 e. The van der Waals surface area contributed by atoms with E-state index in [4.69, 9.17) is 5.73 Å². The Morgan fingerprint density at radius 3 is 2.87 bits per heavy atom.